The van der Waals surface area contributed by atoms with Gasteiger partial charge in [-0.2, -0.15) is 4.57 Å². The van der Waals surface area contributed by atoms with Crippen molar-refractivity contribution in [1.82, 2.24) is 5.32 Å². The SMILES string of the molecule is CNC1C/C1=C1\c2ccccc2-c2ccc([Si](C)(C)C)c[n+]21. The summed E-state index contributed by atoms with van der Waals surface area (Å²) in [7, 11) is 0.751. The van der Waals surface area contributed by atoms with Crippen LogP contribution in [-0.4, -0.2) is 21.2 Å². The van der Waals surface area contributed by atoms with E-state index in [0.29, 0.717) is 6.04 Å². The van der Waals surface area contributed by atoms with Gasteiger partial charge in [0.25, 0.3) is 0 Å². The third kappa shape index (κ3) is 2.00. The Morgan fingerprint density at radius 2 is 1.77 bits per heavy atom. The molecule has 2 heterocycles. The quantitative estimate of drug-likeness (QED) is 0.569. The lowest BCUT2D eigenvalue weighted by atomic mass is 10.1. The molecular formula is C19H23N2Si+. The predicted molar refractivity (Wildman–Crippen MR) is 94.8 cm³/mol. The lowest BCUT2D eigenvalue weighted by Gasteiger charge is -2.14. The van der Waals surface area contributed by atoms with Crippen LogP contribution in [0.2, 0.25) is 19.6 Å². The maximum atomic E-state index is 3.41. The smallest absolute Gasteiger partial charge is 0.220 e. The zero-order valence-electron chi connectivity index (χ0n) is 13.8. The fraction of sp³-hybridized carbons (Fsp3) is 0.316. The summed E-state index contributed by atoms with van der Waals surface area (Å²) in [6.07, 6.45) is 3.57. The van der Waals surface area contributed by atoms with Crippen molar-refractivity contribution >= 4 is 19.0 Å². The molecule has 1 fully saturated rings. The molecule has 1 aromatic heterocycles. The first kappa shape index (κ1) is 13.9. The number of pyridine rings is 1. The van der Waals surface area contributed by atoms with Crippen molar-refractivity contribution in [1.29, 1.82) is 0 Å². The van der Waals surface area contributed by atoms with Gasteiger partial charge < -0.3 is 5.32 Å². The summed E-state index contributed by atoms with van der Waals surface area (Å²) in [6, 6.07) is 14.0. The fourth-order valence-corrected chi connectivity index (χ4v) is 4.52. The van der Waals surface area contributed by atoms with Crippen LogP contribution in [0.1, 0.15) is 12.0 Å². The van der Waals surface area contributed by atoms with Crippen LogP contribution in [-0.2, 0) is 0 Å². The van der Waals surface area contributed by atoms with E-state index >= 15 is 0 Å². The second-order valence-corrected chi connectivity index (χ2v) is 12.5. The number of benzene rings is 1. The van der Waals surface area contributed by atoms with Gasteiger partial charge in [0.05, 0.1) is 19.2 Å². The first-order chi connectivity index (χ1) is 10.5. The Hall–Kier alpha value is -1.71. The average molecular weight is 307 g/mol. The summed E-state index contributed by atoms with van der Waals surface area (Å²) in [4.78, 5) is 0. The molecule has 1 unspecified atom stereocenters. The summed E-state index contributed by atoms with van der Waals surface area (Å²) in [5.74, 6) is 0. The van der Waals surface area contributed by atoms with E-state index < -0.39 is 8.07 Å². The summed E-state index contributed by atoms with van der Waals surface area (Å²) in [6.45, 7) is 7.24. The highest BCUT2D eigenvalue weighted by molar-refractivity contribution is 6.88. The number of hydrogen-bond acceptors (Lipinski definition) is 1. The predicted octanol–water partition coefficient (Wildman–Crippen LogP) is 2.75. The van der Waals surface area contributed by atoms with E-state index in [1.54, 1.807) is 5.57 Å². The first-order valence-corrected chi connectivity index (χ1v) is 11.6. The van der Waals surface area contributed by atoms with Crippen molar-refractivity contribution in [2.45, 2.75) is 32.1 Å². The van der Waals surface area contributed by atoms with Crippen molar-refractivity contribution in [3.63, 3.8) is 0 Å². The third-order valence-corrected chi connectivity index (χ3v) is 6.88. The molecule has 1 saturated carbocycles. The van der Waals surface area contributed by atoms with Crippen LogP contribution >= 0.6 is 0 Å². The molecule has 0 amide bonds. The zero-order valence-corrected chi connectivity index (χ0v) is 14.8. The topological polar surface area (TPSA) is 15.9 Å². The van der Waals surface area contributed by atoms with E-state index in [2.05, 4.69) is 79.2 Å². The Balaban J connectivity index is 1.97. The molecule has 1 atom stereocenters. The van der Waals surface area contributed by atoms with Gasteiger partial charge in [0, 0.05) is 22.9 Å². The Morgan fingerprint density at radius 1 is 1.05 bits per heavy atom. The number of nitrogens with one attached hydrogen (secondary N) is 1. The highest BCUT2D eigenvalue weighted by Gasteiger charge is 2.43. The van der Waals surface area contributed by atoms with Gasteiger partial charge in [-0.3, -0.25) is 0 Å². The van der Waals surface area contributed by atoms with Crippen LogP contribution in [0.4, 0.5) is 0 Å². The molecule has 1 aliphatic heterocycles. The van der Waals surface area contributed by atoms with Crippen LogP contribution in [0.15, 0.2) is 48.2 Å². The largest absolute Gasteiger partial charge is 0.313 e. The lowest BCUT2D eigenvalue weighted by molar-refractivity contribution is -0.562. The standard InChI is InChI=1S/C19H23N2Si/c1-20-17-11-16(17)19-15-8-6-5-7-14(15)18-10-9-13(12-21(18)19)22(2,3)4/h5-10,12,17,20H,11H2,1-4H3/q+1/b19-16-. The van der Waals surface area contributed by atoms with E-state index in [0.717, 1.165) is 0 Å². The van der Waals surface area contributed by atoms with Gasteiger partial charge in [0.2, 0.25) is 11.4 Å². The Bertz CT molecular complexity index is 799. The van der Waals surface area contributed by atoms with Crippen molar-refractivity contribution in [2.75, 3.05) is 7.05 Å². The number of fused-ring (bicyclic) bond motifs is 3. The molecule has 0 saturated heterocycles. The van der Waals surface area contributed by atoms with Gasteiger partial charge >= 0.3 is 0 Å². The lowest BCUT2D eigenvalue weighted by Crippen LogP contribution is -2.45. The molecule has 0 radical (unpaired) electrons. The number of aromatic nitrogens is 1. The van der Waals surface area contributed by atoms with Crippen LogP contribution in [0.5, 0.6) is 0 Å². The molecule has 112 valence electrons. The Morgan fingerprint density at radius 3 is 2.41 bits per heavy atom. The summed E-state index contributed by atoms with van der Waals surface area (Å²) >= 11 is 0. The molecule has 1 N–H and O–H groups in total. The second-order valence-electron chi connectivity index (χ2n) is 7.39. The van der Waals surface area contributed by atoms with Gasteiger partial charge in [0.1, 0.15) is 0 Å². The van der Waals surface area contributed by atoms with Crippen LogP contribution in [0.25, 0.3) is 17.0 Å². The Kier molecular flexibility index (Phi) is 2.93. The van der Waals surface area contributed by atoms with Crippen LogP contribution < -0.4 is 15.1 Å². The van der Waals surface area contributed by atoms with Crippen molar-refractivity contribution in [2.24, 2.45) is 0 Å². The second kappa shape index (κ2) is 4.64. The number of nitrogens with zero attached hydrogens (tertiary/aromatic N) is 1. The Labute approximate surface area is 133 Å². The molecule has 3 heteroatoms. The van der Waals surface area contributed by atoms with E-state index in [9.17, 15) is 0 Å². The zero-order chi connectivity index (χ0) is 15.5. The fourth-order valence-electron chi connectivity index (χ4n) is 3.42. The highest BCUT2D eigenvalue weighted by atomic mass is 28.3. The number of hydrogen-bond donors (Lipinski definition) is 1. The van der Waals surface area contributed by atoms with E-state index in [1.165, 1.54) is 34.1 Å². The molecular weight excluding hydrogens is 284 g/mol. The summed E-state index contributed by atoms with van der Waals surface area (Å²) in [5, 5.41) is 4.93. The van der Waals surface area contributed by atoms with Gasteiger partial charge in [-0.05, 0) is 25.6 Å². The van der Waals surface area contributed by atoms with E-state index in [-0.39, 0.29) is 0 Å². The molecule has 1 aromatic carbocycles. The van der Waals surface area contributed by atoms with Gasteiger partial charge in [-0.1, -0.05) is 37.8 Å². The monoisotopic (exact) mass is 307 g/mol. The first-order valence-electron chi connectivity index (χ1n) is 8.07. The average Bonchev–Trinajstić information content (AvgIpc) is 3.20. The van der Waals surface area contributed by atoms with Gasteiger partial charge in [-0.15, -0.1) is 0 Å². The molecule has 0 spiro atoms. The normalized spacial score (nSPS) is 22.5. The highest BCUT2D eigenvalue weighted by Crippen LogP contribution is 2.41. The van der Waals surface area contributed by atoms with Gasteiger partial charge in [-0.25, -0.2) is 0 Å². The van der Waals surface area contributed by atoms with Crippen LogP contribution in [0, 0.1) is 0 Å². The van der Waals surface area contributed by atoms with E-state index in [4.69, 9.17) is 0 Å². The molecule has 2 aliphatic rings. The molecule has 2 aromatic rings. The van der Waals surface area contributed by atoms with Crippen molar-refractivity contribution in [3.8, 4) is 11.3 Å². The molecule has 1 aliphatic carbocycles. The summed E-state index contributed by atoms with van der Waals surface area (Å²) < 4.78 is 2.45. The summed E-state index contributed by atoms with van der Waals surface area (Å²) in [5.41, 5.74) is 7.06. The maximum Gasteiger partial charge on any atom is 0.220 e. The minimum absolute atomic E-state index is 0.553. The molecule has 22 heavy (non-hydrogen) atoms. The van der Waals surface area contributed by atoms with E-state index in [1.807, 2.05) is 0 Å². The molecule has 0 bridgehead atoms. The molecule has 2 nitrogen and oxygen atoms in total. The number of likely N-dealkylation sites (N-methyl/N-ethyl adjacent to an activating group) is 1. The van der Waals surface area contributed by atoms with Crippen molar-refractivity contribution < 1.29 is 4.57 Å². The number of rotatable bonds is 2. The molecule has 4 rings (SSSR count). The third-order valence-electron chi connectivity index (χ3n) is 4.85. The van der Waals surface area contributed by atoms with Crippen LogP contribution in [0.3, 0.4) is 0 Å². The van der Waals surface area contributed by atoms with Gasteiger partial charge in [0.15, 0.2) is 6.20 Å². The minimum Gasteiger partial charge on any atom is -0.313 e. The van der Waals surface area contributed by atoms with Crippen molar-refractivity contribution in [3.05, 3.63) is 53.7 Å². The maximum absolute atomic E-state index is 3.41. The minimum atomic E-state index is -1.31.